The molecule has 1 fully saturated rings. The lowest BCUT2D eigenvalue weighted by Gasteiger charge is -2.25. The van der Waals surface area contributed by atoms with Crippen molar-refractivity contribution >= 4 is 18.3 Å². The van der Waals surface area contributed by atoms with E-state index < -0.39 is 0 Å². The summed E-state index contributed by atoms with van der Waals surface area (Å²) in [6.07, 6.45) is 3.27. The highest BCUT2D eigenvalue weighted by molar-refractivity contribution is 5.85. The van der Waals surface area contributed by atoms with Gasteiger partial charge in [-0.05, 0) is 49.8 Å². The summed E-state index contributed by atoms with van der Waals surface area (Å²) in [5, 5.41) is 6.57. The van der Waals surface area contributed by atoms with Crippen LogP contribution in [-0.4, -0.2) is 25.5 Å². The summed E-state index contributed by atoms with van der Waals surface area (Å²) in [5.41, 5.74) is 1.24. The summed E-state index contributed by atoms with van der Waals surface area (Å²) >= 11 is 0. The van der Waals surface area contributed by atoms with E-state index in [1.54, 1.807) is 0 Å². The van der Waals surface area contributed by atoms with Crippen LogP contribution in [0.5, 0.6) is 0 Å². The molecule has 4 heteroatoms. The maximum atomic E-state index is 12.5. The number of rotatable bonds is 6. The van der Waals surface area contributed by atoms with E-state index in [0.29, 0.717) is 11.8 Å². The number of benzene rings is 1. The van der Waals surface area contributed by atoms with Crippen molar-refractivity contribution in [3.05, 3.63) is 35.9 Å². The summed E-state index contributed by atoms with van der Waals surface area (Å²) < 4.78 is 0. The predicted molar refractivity (Wildman–Crippen MR) is 94.3 cm³/mol. The van der Waals surface area contributed by atoms with Crippen LogP contribution in [0.3, 0.4) is 0 Å². The van der Waals surface area contributed by atoms with Crippen LogP contribution in [0.2, 0.25) is 0 Å². The van der Waals surface area contributed by atoms with Crippen molar-refractivity contribution in [1.82, 2.24) is 10.6 Å². The highest BCUT2D eigenvalue weighted by Crippen LogP contribution is 2.18. The molecular formula is C18H29ClN2O. The Balaban J connectivity index is 0.00000242. The number of carbonyl (C=O) groups is 1. The van der Waals surface area contributed by atoms with E-state index >= 15 is 0 Å². The Morgan fingerprint density at radius 1 is 1.32 bits per heavy atom. The number of halogens is 1. The molecular weight excluding hydrogens is 296 g/mol. The summed E-state index contributed by atoms with van der Waals surface area (Å²) in [6, 6.07) is 10.3. The molecule has 2 N–H and O–H groups in total. The van der Waals surface area contributed by atoms with Crippen LogP contribution in [0, 0.1) is 17.8 Å². The summed E-state index contributed by atoms with van der Waals surface area (Å²) in [7, 11) is 0. The van der Waals surface area contributed by atoms with E-state index in [2.05, 4.69) is 36.6 Å². The van der Waals surface area contributed by atoms with Crippen molar-refractivity contribution < 1.29 is 4.79 Å². The predicted octanol–water partition coefficient (Wildman–Crippen LogP) is 3.04. The zero-order valence-electron chi connectivity index (χ0n) is 13.7. The first-order chi connectivity index (χ1) is 10.2. The van der Waals surface area contributed by atoms with Crippen molar-refractivity contribution in [1.29, 1.82) is 0 Å². The number of piperidine rings is 1. The van der Waals surface area contributed by atoms with Gasteiger partial charge < -0.3 is 10.6 Å². The van der Waals surface area contributed by atoms with Crippen LogP contribution in [0.4, 0.5) is 0 Å². The van der Waals surface area contributed by atoms with E-state index in [4.69, 9.17) is 0 Å². The minimum Gasteiger partial charge on any atom is -0.356 e. The van der Waals surface area contributed by atoms with E-state index in [1.165, 1.54) is 18.4 Å². The SMILES string of the molecule is CC(C)C(Cc1ccccc1)C(=O)NCC1CCCNC1.Cl. The molecule has 1 saturated heterocycles. The molecule has 2 unspecified atom stereocenters. The Kier molecular flexibility index (Phi) is 8.51. The van der Waals surface area contributed by atoms with E-state index in [9.17, 15) is 4.79 Å². The molecule has 0 aliphatic carbocycles. The Labute approximate surface area is 140 Å². The zero-order chi connectivity index (χ0) is 15.1. The first-order valence-corrected chi connectivity index (χ1v) is 8.19. The standard InChI is InChI=1S/C18H28N2O.ClH/c1-14(2)17(11-15-7-4-3-5-8-15)18(21)20-13-16-9-6-10-19-12-16;/h3-5,7-8,14,16-17,19H,6,9-13H2,1-2H3,(H,20,21);1H. The molecule has 3 nitrogen and oxygen atoms in total. The Bertz CT molecular complexity index is 430. The molecule has 0 aromatic heterocycles. The fourth-order valence-electron chi connectivity index (χ4n) is 2.97. The first-order valence-electron chi connectivity index (χ1n) is 8.19. The fourth-order valence-corrected chi connectivity index (χ4v) is 2.97. The van der Waals surface area contributed by atoms with Crippen LogP contribution >= 0.6 is 12.4 Å². The van der Waals surface area contributed by atoms with Gasteiger partial charge in [0.05, 0.1) is 0 Å². The van der Waals surface area contributed by atoms with Gasteiger partial charge in [0.1, 0.15) is 0 Å². The third kappa shape index (κ3) is 5.98. The lowest BCUT2D eigenvalue weighted by Crippen LogP contribution is -2.41. The highest BCUT2D eigenvalue weighted by Gasteiger charge is 2.23. The number of nitrogens with one attached hydrogen (secondary N) is 2. The molecule has 2 atom stereocenters. The lowest BCUT2D eigenvalue weighted by atomic mass is 9.88. The van der Waals surface area contributed by atoms with Crippen molar-refractivity contribution in [2.24, 2.45) is 17.8 Å². The maximum Gasteiger partial charge on any atom is 0.223 e. The minimum absolute atomic E-state index is 0. The molecule has 2 rings (SSSR count). The summed E-state index contributed by atoms with van der Waals surface area (Å²) in [6.45, 7) is 7.23. The van der Waals surface area contributed by atoms with Gasteiger partial charge in [-0.25, -0.2) is 0 Å². The third-order valence-electron chi connectivity index (χ3n) is 4.40. The molecule has 1 aromatic rings. The second-order valence-electron chi connectivity index (χ2n) is 6.50. The summed E-state index contributed by atoms with van der Waals surface area (Å²) in [5.74, 6) is 1.21. The fraction of sp³-hybridized carbons (Fsp3) is 0.611. The van der Waals surface area contributed by atoms with Crippen LogP contribution in [0.1, 0.15) is 32.3 Å². The molecule has 1 aromatic carbocycles. The van der Waals surface area contributed by atoms with Crippen molar-refractivity contribution in [3.63, 3.8) is 0 Å². The molecule has 0 radical (unpaired) electrons. The average Bonchev–Trinajstić information content (AvgIpc) is 2.52. The van der Waals surface area contributed by atoms with Gasteiger partial charge in [-0.3, -0.25) is 4.79 Å². The van der Waals surface area contributed by atoms with Gasteiger partial charge in [0.25, 0.3) is 0 Å². The van der Waals surface area contributed by atoms with Gasteiger partial charge >= 0.3 is 0 Å². The van der Waals surface area contributed by atoms with Gasteiger partial charge in [0.2, 0.25) is 5.91 Å². The number of carbonyl (C=O) groups excluding carboxylic acids is 1. The molecule has 1 amide bonds. The Morgan fingerprint density at radius 2 is 2.05 bits per heavy atom. The first kappa shape index (κ1) is 19.0. The van der Waals surface area contributed by atoms with Crippen LogP contribution in [0.25, 0.3) is 0 Å². The third-order valence-corrected chi connectivity index (χ3v) is 4.40. The smallest absolute Gasteiger partial charge is 0.223 e. The van der Waals surface area contributed by atoms with E-state index in [1.807, 2.05) is 18.2 Å². The minimum atomic E-state index is 0. The Hall–Kier alpha value is -1.06. The molecule has 124 valence electrons. The molecule has 22 heavy (non-hydrogen) atoms. The lowest BCUT2D eigenvalue weighted by molar-refractivity contribution is -0.126. The van der Waals surface area contributed by atoms with E-state index in [-0.39, 0.29) is 24.2 Å². The van der Waals surface area contributed by atoms with Gasteiger partial charge in [-0.15, -0.1) is 12.4 Å². The Morgan fingerprint density at radius 3 is 2.64 bits per heavy atom. The molecule has 1 aliphatic heterocycles. The molecule has 1 heterocycles. The molecule has 0 saturated carbocycles. The second kappa shape index (κ2) is 9.86. The van der Waals surface area contributed by atoms with Gasteiger partial charge in [-0.1, -0.05) is 44.2 Å². The van der Waals surface area contributed by atoms with E-state index in [0.717, 1.165) is 26.1 Å². The van der Waals surface area contributed by atoms with Gasteiger partial charge in [-0.2, -0.15) is 0 Å². The van der Waals surface area contributed by atoms with Crippen LogP contribution in [-0.2, 0) is 11.2 Å². The van der Waals surface area contributed by atoms with Crippen molar-refractivity contribution in [2.75, 3.05) is 19.6 Å². The van der Waals surface area contributed by atoms with Crippen molar-refractivity contribution in [3.8, 4) is 0 Å². The molecule has 1 aliphatic rings. The highest BCUT2D eigenvalue weighted by atomic mass is 35.5. The van der Waals surface area contributed by atoms with Gasteiger partial charge in [0, 0.05) is 12.5 Å². The van der Waals surface area contributed by atoms with Crippen molar-refractivity contribution in [2.45, 2.75) is 33.1 Å². The molecule has 0 bridgehead atoms. The number of amides is 1. The van der Waals surface area contributed by atoms with Crippen LogP contribution in [0.15, 0.2) is 30.3 Å². The quantitative estimate of drug-likeness (QED) is 0.844. The number of hydrogen-bond donors (Lipinski definition) is 2. The normalized spacial score (nSPS) is 19.3. The second-order valence-corrected chi connectivity index (χ2v) is 6.50. The maximum absolute atomic E-state index is 12.5. The average molecular weight is 325 g/mol. The van der Waals surface area contributed by atoms with Gasteiger partial charge in [0.15, 0.2) is 0 Å². The zero-order valence-corrected chi connectivity index (χ0v) is 14.5. The topological polar surface area (TPSA) is 41.1 Å². The molecule has 0 spiro atoms. The number of hydrogen-bond acceptors (Lipinski definition) is 2. The summed E-state index contributed by atoms with van der Waals surface area (Å²) in [4.78, 5) is 12.5. The largest absolute Gasteiger partial charge is 0.356 e. The monoisotopic (exact) mass is 324 g/mol. The van der Waals surface area contributed by atoms with Crippen LogP contribution < -0.4 is 10.6 Å².